The van der Waals surface area contributed by atoms with Crippen LogP contribution in [0.25, 0.3) is 11.0 Å². The van der Waals surface area contributed by atoms with E-state index >= 15 is 0 Å². The molecule has 2 nitrogen and oxygen atoms in total. The molecule has 0 N–H and O–H groups in total. The van der Waals surface area contributed by atoms with Crippen molar-refractivity contribution in [1.29, 1.82) is 0 Å². The Morgan fingerprint density at radius 2 is 2.27 bits per heavy atom. The summed E-state index contributed by atoms with van der Waals surface area (Å²) in [5.41, 5.74) is 3.50. The smallest absolute Gasteiger partial charge is 0.105 e. The quantitative estimate of drug-likeness (QED) is 0.664. The number of rotatable bonds is 0. The minimum Gasteiger partial charge on any atom is -0.271 e. The molecule has 0 aliphatic heterocycles. The zero-order valence-electron chi connectivity index (χ0n) is 6.08. The molecule has 3 heteroatoms. The number of hydrogen-bond donors (Lipinski definition) is 0. The van der Waals surface area contributed by atoms with Gasteiger partial charge in [0.25, 0.3) is 0 Å². The van der Waals surface area contributed by atoms with Crippen LogP contribution in [0, 0.1) is 6.92 Å². The lowest BCUT2D eigenvalue weighted by atomic mass is 10.2. The van der Waals surface area contributed by atoms with Crippen LogP contribution in [0.1, 0.15) is 5.56 Å². The summed E-state index contributed by atoms with van der Waals surface area (Å²) in [4.78, 5) is 4.23. The molecule has 56 valence electrons. The Bertz CT molecular complexity index is 392. The number of imidazole rings is 1. The van der Waals surface area contributed by atoms with Crippen LogP contribution in [-0.4, -0.2) is 7.76 Å². The van der Waals surface area contributed by atoms with Crippen molar-refractivity contribution in [3.05, 3.63) is 30.1 Å². The van der Waals surface area contributed by atoms with Gasteiger partial charge in [0.1, 0.15) is 6.33 Å². The first kappa shape index (κ1) is 7.09. The van der Waals surface area contributed by atoms with Gasteiger partial charge in [0, 0.05) is 0 Å². The van der Waals surface area contributed by atoms with E-state index in [4.69, 9.17) is 0 Å². The first-order valence-corrected chi connectivity index (χ1v) is 4.34. The van der Waals surface area contributed by atoms with Crippen molar-refractivity contribution in [2.24, 2.45) is 0 Å². The Morgan fingerprint density at radius 3 is 3.09 bits per heavy atom. The molecule has 0 amide bonds. The fraction of sp³-hybridized carbons (Fsp3) is 0.125. The normalized spacial score (nSPS) is 10.7. The van der Waals surface area contributed by atoms with E-state index in [-0.39, 0.29) is 0 Å². The summed E-state index contributed by atoms with van der Waals surface area (Å²) < 4.78 is 1.99. The predicted molar refractivity (Wildman–Crippen MR) is 53.9 cm³/mol. The molecule has 1 heterocycles. The molecule has 11 heavy (non-hydrogen) atoms. The number of nitrogens with zero attached hydrogens (tertiary/aromatic N) is 2. The highest BCUT2D eigenvalue weighted by Crippen LogP contribution is 2.15. The molecule has 0 spiro atoms. The molecule has 1 aromatic heterocycles. The second kappa shape index (κ2) is 2.48. The summed E-state index contributed by atoms with van der Waals surface area (Å²) in [6.45, 7) is 2.08. The molecule has 0 saturated carbocycles. The molecule has 0 aliphatic carbocycles. The topological polar surface area (TPSA) is 17.8 Å². The fourth-order valence-corrected chi connectivity index (χ4v) is 1.63. The van der Waals surface area contributed by atoms with Gasteiger partial charge in [-0.05, 0) is 24.6 Å². The van der Waals surface area contributed by atoms with Gasteiger partial charge in [-0.3, -0.25) is 2.78 Å². The van der Waals surface area contributed by atoms with Crippen molar-refractivity contribution in [1.82, 2.24) is 7.76 Å². The van der Waals surface area contributed by atoms with E-state index in [1.54, 1.807) is 0 Å². The summed E-state index contributed by atoms with van der Waals surface area (Å²) in [6, 6.07) is 6.27. The molecule has 2 aromatic rings. The lowest BCUT2D eigenvalue weighted by molar-refractivity contribution is 1.31. The summed E-state index contributed by atoms with van der Waals surface area (Å²) in [7, 11) is 0. The minimum absolute atomic E-state index is 1.07. The fourth-order valence-electron chi connectivity index (χ4n) is 1.09. The monoisotopic (exact) mass is 258 g/mol. The molecule has 0 unspecified atom stereocenters. The Hall–Kier alpha value is -0.580. The molecule has 1 aromatic carbocycles. The van der Waals surface area contributed by atoms with Crippen LogP contribution < -0.4 is 0 Å². The van der Waals surface area contributed by atoms with Gasteiger partial charge in [0.15, 0.2) is 0 Å². The average Bonchev–Trinajstić information content (AvgIpc) is 2.32. The number of hydrogen-bond acceptors (Lipinski definition) is 1. The first-order chi connectivity index (χ1) is 5.27. The highest BCUT2D eigenvalue weighted by atomic mass is 127. The van der Waals surface area contributed by atoms with Crippen LogP contribution in [0.3, 0.4) is 0 Å². The number of aryl methyl sites for hydroxylation is 1. The average molecular weight is 258 g/mol. The third kappa shape index (κ3) is 1.13. The largest absolute Gasteiger partial charge is 0.271 e. The van der Waals surface area contributed by atoms with E-state index in [1.807, 2.05) is 9.11 Å². The van der Waals surface area contributed by atoms with Crippen LogP contribution in [0.15, 0.2) is 24.5 Å². The standard InChI is InChI=1S/C8H7IN2/c1-6-2-3-8-7(4-6)10-5-11(8)9/h2-5H,1H3. The highest BCUT2D eigenvalue weighted by molar-refractivity contribution is 14.1. The number of benzene rings is 1. The molecule has 0 atom stereocenters. The zero-order valence-corrected chi connectivity index (χ0v) is 8.24. The van der Waals surface area contributed by atoms with Gasteiger partial charge in [-0.15, -0.1) is 0 Å². The SMILES string of the molecule is Cc1ccc2c(c1)ncn2I. The van der Waals surface area contributed by atoms with E-state index in [2.05, 4.69) is 53.0 Å². The van der Waals surface area contributed by atoms with E-state index in [1.165, 1.54) is 11.1 Å². The van der Waals surface area contributed by atoms with Crippen LogP contribution in [-0.2, 0) is 0 Å². The third-order valence-electron chi connectivity index (χ3n) is 1.66. The molecular formula is C8H7IN2. The molecule has 0 fully saturated rings. The van der Waals surface area contributed by atoms with Crippen LogP contribution in [0.5, 0.6) is 0 Å². The van der Waals surface area contributed by atoms with Gasteiger partial charge in [-0.2, -0.15) is 0 Å². The summed E-state index contributed by atoms with van der Waals surface area (Å²) >= 11 is 2.22. The molecule has 0 bridgehead atoms. The van der Waals surface area contributed by atoms with E-state index in [9.17, 15) is 0 Å². The van der Waals surface area contributed by atoms with Crippen LogP contribution >= 0.6 is 22.9 Å². The lowest BCUT2D eigenvalue weighted by Crippen LogP contribution is -1.75. The van der Waals surface area contributed by atoms with Crippen molar-refractivity contribution in [2.75, 3.05) is 0 Å². The van der Waals surface area contributed by atoms with Crippen molar-refractivity contribution >= 4 is 33.9 Å². The summed E-state index contributed by atoms with van der Waals surface area (Å²) in [5.74, 6) is 0. The van der Waals surface area contributed by atoms with E-state index in [0.717, 1.165) is 5.52 Å². The zero-order chi connectivity index (χ0) is 7.84. The van der Waals surface area contributed by atoms with Crippen molar-refractivity contribution in [2.45, 2.75) is 6.92 Å². The number of aromatic nitrogens is 2. The second-order valence-corrected chi connectivity index (χ2v) is 3.59. The maximum Gasteiger partial charge on any atom is 0.105 e. The Morgan fingerprint density at radius 1 is 1.45 bits per heavy atom. The number of halogens is 1. The van der Waals surface area contributed by atoms with Crippen LogP contribution in [0.2, 0.25) is 0 Å². The van der Waals surface area contributed by atoms with Crippen molar-refractivity contribution in [3.8, 4) is 0 Å². The van der Waals surface area contributed by atoms with Gasteiger partial charge in [-0.25, -0.2) is 4.98 Å². The molecule has 0 saturated heterocycles. The first-order valence-electron chi connectivity index (χ1n) is 3.37. The van der Waals surface area contributed by atoms with Gasteiger partial charge in [0.05, 0.1) is 33.9 Å². The summed E-state index contributed by atoms with van der Waals surface area (Å²) in [5, 5.41) is 0. The van der Waals surface area contributed by atoms with Gasteiger partial charge in [-0.1, -0.05) is 6.07 Å². The minimum atomic E-state index is 1.07. The van der Waals surface area contributed by atoms with Gasteiger partial charge >= 0.3 is 0 Å². The number of fused-ring (bicyclic) bond motifs is 1. The second-order valence-electron chi connectivity index (χ2n) is 2.55. The highest BCUT2D eigenvalue weighted by Gasteiger charge is 1.98. The maximum absolute atomic E-state index is 4.23. The van der Waals surface area contributed by atoms with Gasteiger partial charge < -0.3 is 0 Å². The summed E-state index contributed by atoms with van der Waals surface area (Å²) in [6.07, 6.45) is 1.82. The van der Waals surface area contributed by atoms with Crippen LogP contribution in [0.4, 0.5) is 0 Å². The van der Waals surface area contributed by atoms with E-state index < -0.39 is 0 Å². The Balaban J connectivity index is 2.86. The molecular weight excluding hydrogens is 251 g/mol. The third-order valence-corrected chi connectivity index (χ3v) is 2.43. The molecule has 0 radical (unpaired) electrons. The van der Waals surface area contributed by atoms with Crippen molar-refractivity contribution < 1.29 is 0 Å². The molecule has 2 rings (SSSR count). The maximum atomic E-state index is 4.23. The van der Waals surface area contributed by atoms with Crippen molar-refractivity contribution in [3.63, 3.8) is 0 Å². The van der Waals surface area contributed by atoms with Gasteiger partial charge in [0.2, 0.25) is 0 Å². The predicted octanol–water partition coefficient (Wildman–Crippen LogP) is 2.54. The Labute approximate surface area is 78.7 Å². The Kier molecular flexibility index (Phi) is 1.60. The lowest BCUT2D eigenvalue weighted by Gasteiger charge is -1.92. The molecule has 0 aliphatic rings. The van der Waals surface area contributed by atoms with E-state index in [0.29, 0.717) is 0 Å².